The summed E-state index contributed by atoms with van der Waals surface area (Å²) in [5, 5.41) is 21.5. The Morgan fingerprint density at radius 1 is 1.10 bits per heavy atom. The van der Waals surface area contributed by atoms with Crippen molar-refractivity contribution < 1.29 is 23.1 Å². The molecule has 29 heavy (non-hydrogen) atoms. The van der Waals surface area contributed by atoms with Gasteiger partial charge in [0.25, 0.3) is 5.91 Å². The number of nitrogens with two attached hydrogens (primary N) is 1. The van der Waals surface area contributed by atoms with Crippen LogP contribution in [0.4, 0.5) is 5.69 Å². The first-order valence-electron chi connectivity index (χ1n) is 8.13. The van der Waals surface area contributed by atoms with Crippen LogP contribution in [-0.4, -0.2) is 42.1 Å². The molecule has 0 fully saturated rings. The van der Waals surface area contributed by atoms with Gasteiger partial charge in [0.05, 0.1) is 10.6 Å². The summed E-state index contributed by atoms with van der Waals surface area (Å²) in [6.07, 6.45) is 0. The molecule has 0 aliphatic rings. The van der Waals surface area contributed by atoms with Crippen LogP contribution in [0.5, 0.6) is 0 Å². The molecule has 3 rings (SSSR count). The van der Waals surface area contributed by atoms with Crippen molar-refractivity contribution in [1.82, 2.24) is 10.2 Å². The van der Waals surface area contributed by atoms with E-state index in [0.717, 1.165) is 4.90 Å². The van der Waals surface area contributed by atoms with E-state index in [1.165, 1.54) is 30.3 Å². The average molecular weight is 435 g/mol. The Balaban J connectivity index is 1.92. The van der Waals surface area contributed by atoms with Gasteiger partial charge in [0.2, 0.25) is 10.0 Å². The van der Waals surface area contributed by atoms with Crippen LogP contribution in [0.2, 0.25) is 5.02 Å². The third-order valence-corrected chi connectivity index (χ3v) is 5.14. The molecule has 9 nitrogen and oxygen atoms in total. The minimum absolute atomic E-state index is 0.0618. The first-order chi connectivity index (χ1) is 13.6. The SMILES string of the molecule is NS(=O)(=O)c1ccc(N(CC(=O)O)C(=O)c2cc(-c3ccc(Cl)cc3)n[nH]2)cc1. The maximum Gasteiger partial charge on any atom is 0.323 e. The van der Waals surface area contributed by atoms with Gasteiger partial charge in [-0.1, -0.05) is 23.7 Å². The first-order valence-corrected chi connectivity index (χ1v) is 10.1. The molecule has 3 aromatic rings. The van der Waals surface area contributed by atoms with Crippen LogP contribution in [0, 0.1) is 0 Å². The molecule has 0 atom stereocenters. The number of aromatic amines is 1. The van der Waals surface area contributed by atoms with E-state index in [0.29, 0.717) is 16.3 Å². The molecule has 0 aliphatic carbocycles. The molecule has 150 valence electrons. The molecule has 4 N–H and O–H groups in total. The Bertz CT molecular complexity index is 1160. The van der Waals surface area contributed by atoms with Gasteiger partial charge in [0.1, 0.15) is 12.2 Å². The lowest BCUT2D eigenvalue weighted by atomic mass is 10.1. The van der Waals surface area contributed by atoms with Gasteiger partial charge >= 0.3 is 5.97 Å². The van der Waals surface area contributed by atoms with E-state index in [4.69, 9.17) is 16.7 Å². The Morgan fingerprint density at radius 2 is 1.72 bits per heavy atom. The molecule has 1 amide bonds. The number of amides is 1. The third-order valence-electron chi connectivity index (χ3n) is 3.96. The second kappa shape index (κ2) is 8.03. The number of rotatable bonds is 6. The number of carboxylic acids is 1. The van der Waals surface area contributed by atoms with Gasteiger partial charge in [-0.05, 0) is 42.5 Å². The molecule has 0 bridgehead atoms. The van der Waals surface area contributed by atoms with Crippen LogP contribution in [0.1, 0.15) is 10.5 Å². The number of carbonyl (C=O) groups excluding carboxylic acids is 1. The number of carbonyl (C=O) groups is 2. The summed E-state index contributed by atoms with van der Waals surface area (Å²) in [5.74, 6) is -1.89. The van der Waals surface area contributed by atoms with E-state index < -0.39 is 28.4 Å². The minimum atomic E-state index is -3.92. The summed E-state index contributed by atoms with van der Waals surface area (Å²) >= 11 is 5.86. The molecule has 0 saturated carbocycles. The van der Waals surface area contributed by atoms with E-state index >= 15 is 0 Å². The largest absolute Gasteiger partial charge is 0.480 e. The fourth-order valence-corrected chi connectivity index (χ4v) is 3.22. The lowest BCUT2D eigenvalue weighted by molar-refractivity contribution is -0.135. The van der Waals surface area contributed by atoms with Crippen molar-refractivity contribution in [3.8, 4) is 11.3 Å². The predicted molar refractivity (Wildman–Crippen MR) is 106 cm³/mol. The lowest BCUT2D eigenvalue weighted by Crippen LogP contribution is -2.36. The smallest absolute Gasteiger partial charge is 0.323 e. The number of carboxylic acid groups (broad SMARTS) is 1. The van der Waals surface area contributed by atoms with E-state index in [2.05, 4.69) is 10.2 Å². The predicted octanol–water partition coefficient (Wildman–Crippen LogP) is 2.11. The van der Waals surface area contributed by atoms with Crippen LogP contribution < -0.4 is 10.0 Å². The number of hydrogen-bond donors (Lipinski definition) is 3. The monoisotopic (exact) mass is 434 g/mol. The highest BCUT2D eigenvalue weighted by atomic mass is 35.5. The van der Waals surface area contributed by atoms with Crippen molar-refractivity contribution in [3.05, 3.63) is 65.3 Å². The fraction of sp³-hybridized carbons (Fsp3) is 0.0556. The lowest BCUT2D eigenvalue weighted by Gasteiger charge is -2.20. The van der Waals surface area contributed by atoms with Crippen molar-refractivity contribution in [1.29, 1.82) is 0 Å². The summed E-state index contributed by atoms with van der Waals surface area (Å²) in [4.78, 5) is 25.0. The van der Waals surface area contributed by atoms with Crippen molar-refractivity contribution in [2.45, 2.75) is 4.90 Å². The number of anilines is 1. The number of sulfonamides is 1. The standard InChI is InChI=1S/C18H15ClN4O5S/c19-12-3-1-11(2-4-12)15-9-16(22-21-15)18(26)23(10-17(24)25)13-5-7-14(8-6-13)29(20,27)28/h1-9H,10H2,(H,21,22)(H,24,25)(H2,20,27,28). The van der Waals surface area contributed by atoms with Gasteiger partial charge < -0.3 is 5.11 Å². The number of H-pyrrole nitrogens is 1. The van der Waals surface area contributed by atoms with Gasteiger partial charge in [-0.25, -0.2) is 13.6 Å². The molecule has 11 heteroatoms. The number of nitrogens with zero attached hydrogens (tertiary/aromatic N) is 2. The Hall–Kier alpha value is -3.21. The number of primary sulfonamides is 1. The van der Waals surface area contributed by atoms with Crippen LogP contribution in [-0.2, 0) is 14.8 Å². The quantitative estimate of drug-likeness (QED) is 0.541. The van der Waals surface area contributed by atoms with Crippen molar-refractivity contribution >= 4 is 39.2 Å². The minimum Gasteiger partial charge on any atom is -0.480 e. The average Bonchev–Trinajstić information content (AvgIpc) is 3.15. The summed E-state index contributed by atoms with van der Waals surface area (Å²) in [6.45, 7) is -0.636. The Morgan fingerprint density at radius 3 is 2.28 bits per heavy atom. The summed E-state index contributed by atoms with van der Waals surface area (Å²) in [7, 11) is -3.92. The molecular weight excluding hydrogens is 420 g/mol. The summed E-state index contributed by atoms with van der Waals surface area (Å²) < 4.78 is 22.8. The zero-order valence-corrected chi connectivity index (χ0v) is 16.3. The molecule has 0 saturated heterocycles. The number of hydrogen-bond acceptors (Lipinski definition) is 5. The van der Waals surface area contributed by atoms with E-state index in [9.17, 15) is 23.1 Å². The van der Waals surface area contributed by atoms with Crippen LogP contribution >= 0.6 is 11.6 Å². The molecular formula is C18H15ClN4O5S. The molecule has 0 spiro atoms. The Labute approximate surface area is 170 Å². The molecule has 1 aromatic heterocycles. The zero-order valence-electron chi connectivity index (χ0n) is 14.7. The molecule has 0 aliphatic heterocycles. The zero-order chi connectivity index (χ0) is 21.2. The number of benzene rings is 2. The number of halogens is 1. The highest BCUT2D eigenvalue weighted by molar-refractivity contribution is 7.89. The first kappa shape index (κ1) is 20.5. The number of nitrogens with one attached hydrogen (secondary N) is 1. The van der Waals surface area contributed by atoms with E-state index in [-0.39, 0.29) is 16.3 Å². The molecule has 2 aromatic carbocycles. The molecule has 1 heterocycles. The molecule has 0 radical (unpaired) electrons. The van der Waals surface area contributed by atoms with E-state index in [1.807, 2.05) is 0 Å². The highest BCUT2D eigenvalue weighted by Gasteiger charge is 2.23. The van der Waals surface area contributed by atoms with Crippen LogP contribution in [0.3, 0.4) is 0 Å². The van der Waals surface area contributed by atoms with Gasteiger partial charge in [0.15, 0.2) is 0 Å². The van der Waals surface area contributed by atoms with Crippen molar-refractivity contribution in [2.75, 3.05) is 11.4 Å². The van der Waals surface area contributed by atoms with Crippen LogP contribution in [0.15, 0.2) is 59.5 Å². The van der Waals surface area contributed by atoms with Gasteiger partial charge in [0, 0.05) is 16.3 Å². The number of aromatic nitrogens is 2. The Kier molecular flexibility index (Phi) is 5.69. The second-order valence-corrected chi connectivity index (χ2v) is 8.00. The highest BCUT2D eigenvalue weighted by Crippen LogP contribution is 2.23. The summed E-state index contributed by atoms with van der Waals surface area (Å²) in [5.41, 5.74) is 1.44. The molecule has 0 unspecified atom stereocenters. The van der Waals surface area contributed by atoms with Crippen molar-refractivity contribution in [3.63, 3.8) is 0 Å². The normalized spacial score (nSPS) is 11.2. The van der Waals surface area contributed by atoms with Gasteiger partial charge in [-0.15, -0.1) is 0 Å². The van der Waals surface area contributed by atoms with Gasteiger partial charge in [-0.3, -0.25) is 19.6 Å². The van der Waals surface area contributed by atoms with Crippen LogP contribution in [0.25, 0.3) is 11.3 Å². The topological polar surface area (TPSA) is 146 Å². The fourth-order valence-electron chi connectivity index (χ4n) is 2.58. The number of aliphatic carboxylic acids is 1. The van der Waals surface area contributed by atoms with E-state index in [1.54, 1.807) is 24.3 Å². The maximum absolute atomic E-state index is 12.9. The third kappa shape index (κ3) is 4.80. The van der Waals surface area contributed by atoms with Crippen molar-refractivity contribution in [2.24, 2.45) is 5.14 Å². The second-order valence-electron chi connectivity index (χ2n) is 6.00. The maximum atomic E-state index is 12.9. The van der Waals surface area contributed by atoms with Gasteiger partial charge in [-0.2, -0.15) is 5.10 Å². The summed E-state index contributed by atoms with van der Waals surface area (Å²) in [6, 6.07) is 13.3.